The minimum absolute atomic E-state index is 0.0917. The first-order valence-electron chi connectivity index (χ1n) is 4.98. The Morgan fingerprint density at radius 1 is 1.56 bits per heavy atom. The van der Waals surface area contributed by atoms with E-state index in [9.17, 15) is 4.79 Å². The van der Waals surface area contributed by atoms with E-state index in [2.05, 4.69) is 10.6 Å². The lowest BCUT2D eigenvalue weighted by Gasteiger charge is -2.12. The topological polar surface area (TPSA) is 70.6 Å². The summed E-state index contributed by atoms with van der Waals surface area (Å²) < 4.78 is 5.03. The van der Waals surface area contributed by atoms with E-state index in [4.69, 9.17) is 9.84 Å². The van der Waals surface area contributed by atoms with E-state index in [1.54, 1.807) is 38.3 Å². The molecule has 5 nitrogen and oxygen atoms in total. The van der Waals surface area contributed by atoms with Crippen LogP contribution in [0.15, 0.2) is 24.3 Å². The molecule has 0 saturated carbocycles. The first kappa shape index (κ1) is 12.3. The number of nitrogens with one attached hydrogen (secondary N) is 2. The number of benzene rings is 1. The smallest absolute Gasteiger partial charge is 0.319 e. The molecule has 1 aromatic rings. The van der Waals surface area contributed by atoms with Crippen LogP contribution in [0.3, 0.4) is 0 Å². The maximum atomic E-state index is 11.4. The van der Waals surface area contributed by atoms with Gasteiger partial charge in [0, 0.05) is 11.8 Å². The number of hydrogen-bond donors (Lipinski definition) is 3. The Kier molecular flexibility index (Phi) is 4.60. The summed E-state index contributed by atoms with van der Waals surface area (Å²) in [5, 5.41) is 14.0. The van der Waals surface area contributed by atoms with E-state index in [0.29, 0.717) is 11.4 Å². The van der Waals surface area contributed by atoms with E-state index >= 15 is 0 Å². The molecule has 16 heavy (non-hydrogen) atoms. The van der Waals surface area contributed by atoms with Crippen LogP contribution in [0.2, 0.25) is 0 Å². The fraction of sp³-hybridized carbons (Fsp3) is 0.364. The van der Waals surface area contributed by atoms with Gasteiger partial charge in [-0.1, -0.05) is 6.07 Å². The van der Waals surface area contributed by atoms with Gasteiger partial charge in [-0.15, -0.1) is 0 Å². The number of rotatable bonds is 4. The van der Waals surface area contributed by atoms with Gasteiger partial charge in [-0.25, -0.2) is 4.79 Å². The van der Waals surface area contributed by atoms with Crippen molar-refractivity contribution in [3.05, 3.63) is 24.3 Å². The number of anilines is 1. The predicted molar refractivity (Wildman–Crippen MR) is 61.7 cm³/mol. The lowest BCUT2D eigenvalue weighted by atomic mass is 10.3. The van der Waals surface area contributed by atoms with Gasteiger partial charge >= 0.3 is 6.03 Å². The molecule has 0 heterocycles. The average Bonchev–Trinajstić information content (AvgIpc) is 2.28. The summed E-state index contributed by atoms with van der Waals surface area (Å²) in [7, 11) is 1.56. The van der Waals surface area contributed by atoms with Gasteiger partial charge in [-0.2, -0.15) is 0 Å². The van der Waals surface area contributed by atoms with Crippen molar-refractivity contribution in [3.63, 3.8) is 0 Å². The first-order chi connectivity index (χ1) is 7.65. The Morgan fingerprint density at radius 3 is 2.94 bits per heavy atom. The summed E-state index contributed by atoms with van der Waals surface area (Å²) in [6, 6.07) is 6.42. The largest absolute Gasteiger partial charge is 0.497 e. The lowest BCUT2D eigenvalue weighted by Crippen LogP contribution is -2.38. The fourth-order valence-corrected chi connectivity index (χ4v) is 1.14. The second kappa shape index (κ2) is 5.97. The highest BCUT2D eigenvalue weighted by Gasteiger charge is 2.06. The van der Waals surface area contributed by atoms with Crippen LogP contribution in [0.5, 0.6) is 5.75 Å². The quantitative estimate of drug-likeness (QED) is 0.719. The number of aliphatic hydroxyl groups is 1. The maximum absolute atomic E-state index is 11.4. The summed E-state index contributed by atoms with van der Waals surface area (Å²) in [5.74, 6) is 0.674. The van der Waals surface area contributed by atoms with E-state index < -0.39 is 0 Å². The lowest BCUT2D eigenvalue weighted by molar-refractivity contribution is 0.229. The Morgan fingerprint density at radius 2 is 2.31 bits per heavy atom. The number of hydrogen-bond acceptors (Lipinski definition) is 3. The van der Waals surface area contributed by atoms with Crippen molar-refractivity contribution < 1.29 is 14.6 Å². The molecule has 0 saturated heterocycles. The highest BCUT2D eigenvalue weighted by molar-refractivity contribution is 5.89. The number of amides is 2. The van der Waals surface area contributed by atoms with Crippen molar-refractivity contribution in [2.24, 2.45) is 0 Å². The molecule has 1 atom stereocenters. The van der Waals surface area contributed by atoms with Gasteiger partial charge in [-0.3, -0.25) is 0 Å². The van der Waals surface area contributed by atoms with Gasteiger partial charge in [0.25, 0.3) is 0 Å². The van der Waals surface area contributed by atoms with E-state index in [-0.39, 0.29) is 18.7 Å². The molecule has 88 valence electrons. The zero-order valence-corrected chi connectivity index (χ0v) is 9.36. The van der Waals surface area contributed by atoms with Crippen LogP contribution in [0.25, 0.3) is 0 Å². The third-order valence-electron chi connectivity index (χ3n) is 1.98. The molecule has 0 aliphatic carbocycles. The molecule has 0 bridgehead atoms. The van der Waals surface area contributed by atoms with E-state index in [0.717, 1.165) is 0 Å². The molecule has 0 aromatic heterocycles. The van der Waals surface area contributed by atoms with E-state index in [1.165, 1.54) is 0 Å². The fourth-order valence-electron chi connectivity index (χ4n) is 1.14. The van der Waals surface area contributed by atoms with Crippen molar-refractivity contribution in [3.8, 4) is 5.75 Å². The minimum atomic E-state index is -0.352. The van der Waals surface area contributed by atoms with Crippen LogP contribution in [0.4, 0.5) is 10.5 Å². The summed E-state index contributed by atoms with van der Waals surface area (Å²) in [6.07, 6.45) is 0. The monoisotopic (exact) mass is 224 g/mol. The Bertz CT molecular complexity index is 355. The standard InChI is InChI=1S/C11H16N2O3/c1-8(7-14)12-11(15)13-9-4-3-5-10(6-9)16-2/h3-6,8,14H,7H2,1-2H3,(H2,12,13,15)/t8-/m1/s1. The predicted octanol–water partition coefficient (Wildman–Crippen LogP) is 1.20. The second-order valence-electron chi connectivity index (χ2n) is 3.41. The summed E-state index contributed by atoms with van der Waals surface area (Å²) in [6.45, 7) is 1.62. The Balaban J connectivity index is 2.55. The third-order valence-corrected chi connectivity index (χ3v) is 1.98. The number of carbonyl (C=O) groups excluding carboxylic acids is 1. The molecule has 1 aromatic carbocycles. The molecule has 0 radical (unpaired) electrons. The van der Waals surface area contributed by atoms with Crippen LogP contribution in [-0.4, -0.2) is 30.9 Å². The number of aliphatic hydroxyl groups excluding tert-OH is 1. The zero-order valence-electron chi connectivity index (χ0n) is 9.36. The molecule has 0 fully saturated rings. The number of methoxy groups -OCH3 is 1. The highest BCUT2D eigenvalue weighted by Crippen LogP contribution is 2.16. The van der Waals surface area contributed by atoms with Crippen LogP contribution in [-0.2, 0) is 0 Å². The average molecular weight is 224 g/mol. The number of carbonyl (C=O) groups is 1. The van der Waals surface area contributed by atoms with Crippen molar-refractivity contribution in [2.75, 3.05) is 19.0 Å². The molecule has 0 unspecified atom stereocenters. The van der Waals surface area contributed by atoms with Gasteiger partial charge in [0.1, 0.15) is 5.75 Å². The summed E-state index contributed by atoms with van der Waals surface area (Å²) in [5.41, 5.74) is 0.641. The van der Waals surface area contributed by atoms with Gasteiger partial charge < -0.3 is 20.5 Å². The Labute approximate surface area is 94.4 Å². The van der Waals surface area contributed by atoms with Crippen molar-refractivity contribution in [1.29, 1.82) is 0 Å². The summed E-state index contributed by atoms with van der Waals surface area (Å²) >= 11 is 0. The van der Waals surface area contributed by atoms with Crippen LogP contribution < -0.4 is 15.4 Å². The van der Waals surface area contributed by atoms with Gasteiger partial charge in [-0.05, 0) is 19.1 Å². The van der Waals surface area contributed by atoms with Crippen LogP contribution in [0.1, 0.15) is 6.92 Å². The molecule has 0 aliphatic heterocycles. The molecule has 5 heteroatoms. The normalized spacial score (nSPS) is 11.7. The molecule has 2 amide bonds. The van der Waals surface area contributed by atoms with E-state index in [1.807, 2.05) is 0 Å². The summed E-state index contributed by atoms with van der Waals surface area (Å²) in [4.78, 5) is 11.4. The number of urea groups is 1. The van der Waals surface area contributed by atoms with Crippen LogP contribution in [0, 0.1) is 0 Å². The van der Waals surface area contributed by atoms with Crippen molar-refractivity contribution in [1.82, 2.24) is 5.32 Å². The minimum Gasteiger partial charge on any atom is -0.497 e. The number of ether oxygens (including phenoxy) is 1. The maximum Gasteiger partial charge on any atom is 0.319 e. The molecule has 0 spiro atoms. The molecule has 1 rings (SSSR count). The molecular formula is C11H16N2O3. The van der Waals surface area contributed by atoms with Crippen LogP contribution >= 0.6 is 0 Å². The Hall–Kier alpha value is -1.75. The molecule has 3 N–H and O–H groups in total. The molecular weight excluding hydrogens is 208 g/mol. The van der Waals surface area contributed by atoms with Crippen molar-refractivity contribution in [2.45, 2.75) is 13.0 Å². The van der Waals surface area contributed by atoms with Gasteiger partial charge in [0.15, 0.2) is 0 Å². The van der Waals surface area contributed by atoms with Gasteiger partial charge in [0.05, 0.1) is 19.8 Å². The van der Waals surface area contributed by atoms with Crippen molar-refractivity contribution >= 4 is 11.7 Å². The zero-order chi connectivity index (χ0) is 12.0. The first-order valence-corrected chi connectivity index (χ1v) is 4.98. The SMILES string of the molecule is COc1cccc(NC(=O)N[C@H](C)CO)c1. The third kappa shape index (κ3) is 3.78. The molecule has 0 aliphatic rings. The highest BCUT2D eigenvalue weighted by atomic mass is 16.5. The van der Waals surface area contributed by atoms with Gasteiger partial charge in [0.2, 0.25) is 0 Å². The second-order valence-corrected chi connectivity index (χ2v) is 3.41.